The van der Waals surface area contributed by atoms with Crippen molar-refractivity contribution in [2.24, 2.45) is 0 Å². The van der Waals surface area contributed by atoms with Crippen molar-refractivity contribution in [2.45, 2.75) is 0 Å². The minimum Gasteiger partial charge on any atom is -0.497 e. The lowest BCUT2D eigenvalue weighted by Crippen LogP contribution is -2.01. The average molecular weight is 251 g/mol. The monoisotopic (exact) mass is 250 g/mol. The Kier molecular flexibility index (Phi) is 3.01. The van der Waals surface area contributed by atoms with Crippen LogP contribution in [0.15, 0.2) is 24.4 Å². The molecule has 0 atom stereocenters. The summed E-state index contributed by atoms with van der Waals surface area (Å²) in [5.41, 5.74) is 12.4. The number of methoxy groups -OCH3 is 1. The Morgan fingerprint density at radius 3 is 2.71 bits per heavy atom. The topological polar surface area (TPSA) is 87.0 Å². The van der Waals surface area contributed by atoms with Crippen molar-refractivity contribution in [3.63, 3.8) is 0 Å². The molecule has 2 rings (SSSR count). The minimum atomic E-state index is 0.236. The number of halogens is 1. The maximum atomic E-state index is 6.09. The van der Waals surface area contributed by atoms with Gasteiger partial charge in [-0.25, -0.2) is 9.97 Å². The summed E-state index contributed by atoms with van der Waals surface area (Å²) in [6.45, 7) is 0. The molecule has 88 valence electrons. The van der Waals surface area contributed by atoms with Crippen LogP contribution in [-0.4, -0.2) is 17.1 Å². The Hall–Kier alpha value is -2.01. The fraction of sp³-hybridized carbons (Fsp3) is 0.0909. The first kappa shape index (κ1) is 11.5. The van der Waals surface area contributed by atoms with Crippen LogP contribution in [0.2, 0.25) is 5.02 Å². The third-order valence-corrected chi connectivity index (χ3v) is 2.58. The second kappa shape index (κ2) is 4.47. The normalized spacial score (nSPS) is 10.2. The van der Waals surface area contributed by atoms with Crippen LogP contribution in [0.5, 0.6) is 5.75 Å². The zero-order valence-corrected chi connectivity index (χ0v) is 9.90. The standard InChI is InChI=1S/C11H11ClN4O/c1-17-6-2-3-8(12)7(4-6)10-11(14)16-9(13)5-15-10/h2-5H,1H3,(H4,13,14,16). The van der Waals surface area contributed by atoms with Gasteiger partial charge in [-0.05, 0) is 18.2 Å². The van der Waals surface area contributed by atoms with Crippen LogP contribution in [0.1, 0.15) is 0 Å². The number of benzene rings is 1. The predicted octanol–water partition coefficient (Wildman–Crippen LogP) is 1.97. The first-order chi connectivity index (χ1) is 8.11. The van der Waals surface area contributed by atoms with Crippen LogP contribution >= 0.6 is 11.6 Å². The van der Waals surface area contributed by atoms with E-state index < -0.39 is 0 Å². The molecule has 0 aliphatic rings. The average Bonchev–Trinajstić information content (AvgIpc) is 2.30. The van der Waals surface area contributed by atoms with Gasteiger partial charge >= 0.3 is 0 Å². The van der Waals surface area contributed by atoms with E-state index in [2.05, 4.69) is 9.97 Å². The first-order valence-corrected chi connectivity index (χ1v) is 5.21. The summed E-state index contributed by atoms with van der Waals surface area (Å²) in [4.78, 5) is 8.07. The largest absolute Gasteiger partial charge is 0.497 e. The van der Waals surface area contributed by atoms with Gasteiger partial charge in [-0.15, -0.1) is 0 Å². The number of ether oxygens (including phenoxy) is 1. The first-order valence-electron chi connectivity index (χ1n) is 4.83. The lowest BCUT2D eigenvalue weighted by atomic mass is 10.1. The van der Waals surface area contributed by atoms with Gasteiger partial charge in [0.15, 0.2) is 5.82 Å². The molecule has 0 aliphatic heterocycles. The molecule has 0 fully saturated rings. The smallest absolute Gasteiger partial charge is 0.152 e. The number of nitrogens with zero attached hydrogens (tertiary/aromatic N) is 2. The van der Waals surface area contributed by atoms with E-state index in [0.29, 0.717) is 22.0 Å². The highest BCUT2D eigenvalue weighted by atomic mass is 35.5. The molecular formula is C11H11ClN4O. The Balaban J connectivity index is 2.59. The predicted molar refractivity (Wildman–Crippen MR) is 67.9 cm³/mol. The molecule has 0 radical (unpaired) electrons. The highest BCUT2D eigenvalue weighted by molar-refractivity contribution is 6.33. The maximum absolute atomic E-state index is 6.09. The number of hydrogen-bond acceptors (Lipinski definition) is 5. The molecule has 4 N–H and O–H groups in total. The van der Waals surface area contributed by atoms with E-state index in [4.69, 9.17) is 27.8 Å². The molecule has 17 heavy (non-hydrogen) atoms. The van der Waals surface area contributed by atoms with Crippen LogP contribution in [0.25, 0.3) is 11.3 Å². The molecule has 5 nitrogen and oxygen atoms in total. The Morgan fingerprint density at radius 1 is 1.29 bits per heavy atom. The second-order valence-electron chi connectivity index (χ2n) is 3.37. The van der Waals surface area contributed by atoms with Gasteiger partial charge in [0.05, 0.1) is 18.3 Å². The minimum absolute atomic E-state index is 0.236. The van der Waals surface area contributed by atoms with Gasteiger partial charge in [0.1, 0.15) is 17.3 Å². The van der Waals surface area contributed by atoms with Gasteiger partial charge < -0.3 is 16.2 Å². The summed E-state index contributed by atoms with van der Waals surface area (Å²) in [5, 5.41) is 0.525. The zero-order valence-electron chi connectivity index (χ0n) is 9.14. The van der Waals surface area contributed by atoms with Gasteiger partial charge in [0.25, 0.3) is 0 Å². The molecule has 0 unspecified atom stereocenters. The molecule has 0 aliphatic carbocycles. The van der Waals surface area contributed by atoms with Crippen LogP contribution in [0.3, 0.4) is 0 Å². The van der Waals surface area contributed by atoms with Gasteiger partial charge in [0.2, 0.25) is 0 Å². The summed E-state index contributed by atoms with van der Waals surface area (Å²) in [6, 6.07) is 5.22. The van der Waals surface area contributed by atoms with Gasteiger partial charge in [-0.1, -0.05) is 11.6 Å². The Morgan fingerprint density at radius 2 is 2.06 bits per heavy atom. The summed E-state index contributed by atoms with van der Waals surface area (Å²) in [7, 11) is 1.57. The molecule has 6 heteroatoms. The van der Waals surface area contributed by atoms with Crippen molar-refractivity contribution in [1.29, 1.82) is 0 Å². The van der Waals surface area contributed by atoms with E-state index in [-0.39, 0.29) is 11.6 Å². The number of anilines is 2. The van der Waals surface area contributed by atoms with Crippen molar-refractivity contribution < 1.29 is 4.74 Å². The lowest BCUT2D eigenvalue weighted by Gasteiger charge is -2.08. The highest BCUT2D eigenvalue weighted by Crippen LogP contribution is 2.32. The fourth-order valence-electron chi connectivity index (χ4n) is 1.44. The zero-order chi connectivity index (χ0) is 12.4. The van der Waals surface area contributed by atoms with Crippen molar-refractivity contribution in [1.82, 2.24) is 9.97 Å². The molecule has 0 saturated carbocycles. The van der Waals surface area contributed by atoms with Crippen LogP contribution < -0.4 is 16.2 Å². The van der Waals surface area contributed by atoms with Crippen LogP contribution in [0.4, 0.5) is 11.6 Å². The summed E-state index contributed by atoms with van der Waals surface area (Å²) in [5.74, 6) is 1.17. The lowest BCUT2D eigenvalue weighted by molar-refractivity contribution is 0.415. The molecule has 1 aromatic carbocycles. The molecular weight excluding hydrogens is 240 g/mol. The molecule has 0 spiro atoms. The SMILES string of the molecule is COc1ccc(Cl)c(-c2ncc(N)nc2N)c1. The van der Waals surface area contributed by atoms with Crippen molar-refractivity contribution in [3.05, 3.63) is 29.4 Å². The van der Waals surface area contributed by atoms with Crippen molar-refractivity contribution in [3.8, 4) is 17.0 Å². The molecule has 0 saturated heterocycles. The second-order valence-corrected chi connectivity index (χ2v) is 3.78. The van der Waals surface area contributed by atoms with Crippen LogP contribution in [0, 0.1) is 0 Å². The quantitative estimate of drug-likeness (QED) is 0.851. The highest BCUT2D eigenvalue weighted by Gasteiger charge is 2.11. The fourth-order valence-corrected chi connectivity index (χ4v) is 1.65. The van der Waals surface area contributed by atoms with Crippen molar-refractivity contribution in [2.75, 3.05) is 18.6 Å². The van der Waals surface area contributed by atoms with Crippen LogP contribution in [-0.2, 0) is 0 Å². The van der Waals surface area contributed by atoms with E-state index in [9.17, 15) is 0 Å². The van der Waals surface area contributed by atoms with Crippen molar-refractivity contribution >= 4 is 23.2 Å². The van der Waals surface area contributed by atoms with E-state index in [1.165, 1.54) is 6.20 Å². The molecule has 0 amide bonds. The third-order valence-electron chi connectivity index (χ3n) is 2.25. The number of nitrogen functional groups attached to an aromatic ring is 2. The molecule has 2 aromatic rings. The summed E-state index contributed by atoms with van der Waals surface area (Å²) in [6.07, 6.45) is 1.43. The number of nitrogens with two attached hydrogens (primary N) is 2. The van der Waals surface area contributed by atoms with Gasteiger partial charge in [-0.2, -0.15) is 0 Å². The van der Waals surface area contributed by atoms with E-state index in [0.717, 1.165) is 0 Å². The summed E-state index contributed by atoms with van der Waals surface area (Å²) >= 11 is 6.09. The molecule has 1 heterocycles. The maximum Gasteiger partial charge on any atom is 0.152 e. The summed E-state index contributed by atoms with van der Waals surface area (Å²) < 4.78 is 5.12. The third kappa shape index (κ3) is 2.24. The molecule has 0 bridgehead atoms. The number of rotatable bonds is 2. The Labute approximate surface area is 103 Å². The van der Waals surface area contributed by atoms with E-state index in [1.54, 1.807) is 25.3 Å². The van der Waals surface area contributed by atoms with Gasteiger partial charge in [-0.3, -0.25) is 0 Å². The van der Waals surface area contributed by atoms with E-state index >= 15 is 0 Å². The number of aromatic nitrogens is 2. The number of hydrogen-bond donors (Lipinski definition) is 2. The molecule has 1 aromatic heterocycles. The van der Waals surface area contributed by atoms with Gasteiger partial charge in [0, 0.05) is 5.56 Å². The Bertz CT molecular complexity index is 559. The van der Waals surface area contributed by atoms with E-state index in [1.807, 2.05) is 0 Å².